The van der Waals surface area contributed by atoms with Crippen LogP contribution in [0.1, 0.15) is 5.56 Å². The lowest BCUT2D eigenvalue weighted by molar-refractivity contribution is 0.294. The van der Waals surface area contributed by atoms with E-state index in [0.29, 0.717) is 12.5 Å². The molecule has 0 fully saturated rings. The molecule has 2 aromatic rings. The van der Waals surface area contributed by atoms with Crippen molar-refractivity contribution < 1.29 is 4.74 Å². The van der Waals surface area contributed by atoms with Gasteiger partial charge in [-0.25, -0.2) is 4.98 Å². The van der Waals surface area contributed by atoms with Gasteiger partial charge in [-0.3, -0.25) is 0 Å². The number of pyridine rings is 1. The molecule has 15 heavy (non-hydrogen) atoms. The van der Waals surface area contributed by atoms with Crippen molar-refractivity contribution in [3.63, 3.8) is 0 Å². The largest absolute Gasteiger partial charge is 0.473 e. The van der Waals surface area contributed by atoms with E-state index in [0.717, 1.165) is 5.56 Å². The average Bonchev–Trinajstić information content (AvgIpc) is 2.30. The molecule has 0 saturated heterocycles. The molecule has 1 aromatic heterocycles. The van der Waals surface area contributed by atoms with Gasteiger partial charge in [-0.15, -0.1) is 0 Å². The van der Waals surface area contributed by atoms with Crippen LogP contribution in [0.4, 0.5) is 0 Å². The van der Waals surface area contributed by atoms with Crippen LogP contribution in [0.2, 0.25) is 0 Å². The molecular formula is C12H10INO. The maximum absolute atomic E-state index is 5.52. The highest BCUT2D eigenvalue weighted by Crippen LogP contribution is 2.10. The lowest BCUT2D eigenvalue weighted by atomic mass is 10.2. The molecule has 0 saturated carbocycles. The highest BCUT2D eigenvalue weighted by Gasteiger charge is 1.95. The smallest absolute Gasteiger partial charge is 0.213 e. The van der Waals surface area contributed by atoms with Crippen LogP contribution in [-0.4, -0.2) is 4.98 Å². The van der Waals surface area contributed by atoms with E-state index >= 15 is 0 Å². The fraction of sp³-hybridized carbons (Fsp3) is 0.0833. The van der Waals surface area contributed by atoms with Gasteiger partial charge in [0.15, 0.2) is 0 Å². The Balaban J connectivity index is 1.96. The Labute approximate surface area is 102 Å². The van der Waals surface area contributed by atoms with E-state index in [2.05, 4.69) is 51.8 Å². The van der Waals surface area contributed by atoms with E-state index in [9.17, 15) is 0 Å². The van der Waals surface area contributed by atoms with Crippen LogP contribution in [0.25, 0.3) is 0 Å². The predicted molar refractivity (Wildman–Crippen MR) is 67.7 cm³/mol. The summed E-state index contributed by atoms with van der Waals surface area (Å²) in [4.78, 5) is 4.09. The molecule has 0 unspecified atom stereocenters. The number of halogens is 1. The number of rotatable bonds is 3. The fourth-order valence-corrected chi connectivity index (χ4v) is 1.53. The van der Waals surface area contributed by atoms with Gasteiger partial charge in [-0.1, -0.05) is 18.2 Å². The maximum Gasteiger partial charge on any atom is 0.213 e. The van der Waals surface area contributed by atoms with Crippen LogP contribution in [0.5, 0.6) is 5.88 Å². The third-order valence-corrected chi connectivity index (χ3v) is 2.66. The van der Waals surface area contributed by atoms with Gasteiger partial charge >= 0.3 is 0 Å². The Morgan fingerprint density at radius 3 is 2.53 bits per heavy atom. The first-order valence-electron chi connectivity index (χ1n) is 4.63. The summed E-state index contributed by atoms with van der Waals surface area (Å²) in [5.41, 5.74) is 1.15. The Morgan fingerprint density at radius 1 is 1.07 bits per heavy atom. The fourth-order valence-electron chi connectivity index (χ4n) is 1.17. The Bertz CT molecular complexity index is 413. The lowest BCUT2D eigenvalue weighted by Gasteiger charge is -2.04. The normalized spacial score (nSPS) is 9.93. The second-order valence-electron chi connectivity index (χ2n) is 3.08. The van der Waals surface area contributed by atoms with Crippen molar-refractivity contribution in [2.24, 2.45) is 0 Å². The minimum atomic E-state index is 0.563. The van der Waals surface area contributed by atoms with Crippen LogP contribution in [0, 0.1) is 3.57 Å². The predicted octanol–water partition coefficient (Wildman–Crippen LogP) is 3.27. The topological polar surface area (TPSA) is 22.1 Å². The molecule has 76 valence electrons. The second kappa shape index (κ2) is 5.11. The van der Waals surface area contributed by atoms with Gasteiger partial charge in [-0.2, -0.15) is 0 Å². The summed E-state index contributed by atoms with van der Waals surface area (Å²) in [6.07, 6.45) is 1.73. The third-order valence-electron chi connectivity index (χ3n) is 1.94. The third kappa shape index (κ3) is 3.20. The molecule has 0 aliphatic rings. The van der Waals surface area contributed by atoms with Crippen LogP contribution in [0.3, 0.4) is 0 Å². The molecule has 0 aliphatic heterocycles. The summed E-state index contributed by atoms with van der Waals surface area (Å²) >= 11 is 2.28. The maximum atomic E-state index is 5.52. The quantitative estimate of drug-likeness (QED) is 0.812. The summed E-state index contributed by atoms with van der Waals surface area (Å²) in [6.45, 7) is 0.563. The van der Waals surface area contributed by atoms with Crippen molar-refractivity contribution in [2.45, 2.75) is 6.61 Å². The van der Waals surface area contributed by atoms with E-state index in [1.54, 1.807) is 6.20 Å². The van der Waals surface area contributed by atoms with Crippen LogP contribution < -0.4 is 4.74 Å². The first-order valence-corrected chi connectivity index (χ1v) is 5.71. The minimum Gasteiger partial charge on any atom is -0.473 e. The van der Waals surface area contributed by atoms with Gasteiger partial charge in [0, 0.05) is 15.8 Å². The molecule has 0 spiro atoms. The molecule has 1 aromatic carbocycles. The van der Waals surface area contributed by atoms with E-state index in [4.69, 9.17) is 4.74 Å². The van der Waals surface area contributed by atoms with Gasteiger partial charge in [0.05, 0.1) is 0 Å². The Kier molecular flexibility index (Phi) is 3.55. The summed E-state index contributed by atoms with van der Waals surface area (Å²) < 4.78 is 6.75. The average molecular weight is 311 g/mol. The van der Waals surface area contributed by atoms with Gasteiger partial charge < -0.3 is 4.74 Å². The molecule has 0 N–H and O–H groups in total. The van der Waals surface area contributed by atoms with Crippen LogP contribution in [0.15, 0.2) is 48.7 Å². The zero-order valence-electron chi connectivity index (χ0n) is 8.06. The molecule has 1 heterocycles. The molecule has 2 nitrogen and oxygen atoms in total. The summed E-state index contributed by atoms with van der Waals surface area (Å²) in [5.74, 6) is 0.663. The first kappa shape index (κ1) is 10.4. The SMILES string of the molecule is Ic1ccc(COc2ccccn2)cc1. The molecule has 0 amide bonds. The van der Waals surface area contributed by atoms with E-state index in [1.165, 1.54) is 3.57 Å². The molecule has 0 bridgehead atoms. The van der Waals surface area contributed by atoms with Gasteiger partial charge in [0.1, 0.15) is 6.61 Å². The number of hydrogen-bond acceptors (Lipinski definition) is 2. The van der Waals surface area contributed by atoms with Gasteiger partial charge in [-0.05, 0) is 46.4 Å². The highest BCUT2D eigenvalue weighted by molar-refractivity contribution is 14.1. The molecule has 0 atom stereocenters. The number of aromatic nitrogens is 1. The molecule has 2 rings (SSSR count). The van der Waals surface area contributed by atoms with Crippen molar-refractivity contribution >= 4 is 22.6 Å². The molecule has 3 heteroatoms. The van der Waals surface area contributed by atoms with Crippen LogP contribution in [-0.2, 0) is 6.61 Å². The van der Waals surface area contributed by atoms with E-state index in [-0.39, 0.29) is 0 Å². The minimum absolute atomic E-state index is 0.563. The van der Waals surface area contributed by atoms with Crippen molar-refractivity contribution in [3.05, 3.63) is 57.8 Å². The van der Waals surface area contributed by atoms with E-state index < -0.39 is 0 Å². The van der Waals surface area contributed by atoms with Gasteiger partial charge in [0.2, 0.25) is 5.88 Å². The van der Waals surface area contributed by atoms with E-state index in [1.807, 2.05) is 18.2 Å². The second-order valence-corrected chi connectivity index (χ2v) is 4.33. The standard InChI is InChI=1S/C12H10INO/c13-11-6-4-10(5-7-11)9-15-12-3-1-2-8-14-12/h1-8H,9H2. The van der Waals surface area contributed by atoms with Crippen molar-refractivity contribution in [1.29, 1.82) is 0 Å². The number of ether oxygens (including phenoxy) is 1. The van der Waals surface area contributed by atoms with Crippen molar-refractivity contribution in [2.75, 3.05) is 0 Å². The highest BCUT2D eigenvalue weighted by atomic mass is 127. The van der Waals surface area contributed by atoms with Crippen molar-refractivity contribution in [1.82, 2.24) is 4.98 Å². The number of nitrogens with zero attached hydrogens (tertiary/aromatic N) is 1. The molecule has 0 radical (unpaired) electrons. The number of benzene rings is 1. The van der Waals surface area contributed by atoms with Crippen molar-refractivity contribution in [3.8, 4) is 5.88 Å². The van der Waals surface area contributed by atoms with Gasteiger partial charge in [0.25, 0.3) is 0 Å². The zero-order chi connectivity index (χ0) is 10.5. The Morgan fingerprint density at radius 2 is 1.87 bits per heavy atom. The summed E-state index contributed by atoms with van der Waals surface area (Å²) in [7, 11) is 0. The molecule has 0 aliphatic carbocycles. The lowest BCUT2D eigenvalue weighted by Crippen LogP contribution is -1.96. The molecular weight excluding hydrogens is 301 g/mol. The zero-order valence-corrected chi connectivity index (χ0v) is 10.2. The number of hydrogen-bond donors (Lipinski definition) is 0. The summed E-state index contributed by atoms with van der Waals surface area (Å²) in [5, 5.41) is 0. The monoisotopic (exact) mass is 311 g/mol. The van der Waals surface area contributed by atoms with Crippen LogP contribution >= 0.6 is 22.6 Å². The first-order chi connectivity index (χ1) is 7.34. The summed E-state index contributed by atoms with van der Waals surface area (Å²) in [6, 6.07) is 13.9. The Hall–Kier alpha value is -1.10.